The minimum atomic E-state index is -3.63. The molecule has 1 aromatic rings. The Bertz CT molecular complexity index is 536. The van der Waals surface area contributed by atoms with Crippen LogP contribution in [-0.4, -0.2) is 29.4 Å². The van der Waals surface area contributed by atoms with Gasteiger partial charge in [0, 0.05) is 18.9 Å². The first-order chi connectivity index (χ1) is 9.04. The van der Waals surface area contributed by atoms with Crippen molar-refractivity contribution in [3.63, 3.8) is 0 Å². The first-order valence-electron chi connectivity index (χ1n) is 6.57. The van der Waals surface area contributed by atoms with Crippen molar-refractivity contribution >= 4 is 10.0 Å². The Morgan fingerprint density at radius 3 is 2.58 bits per heavy atom. The molecule has 0 radical (unpaired) electrons. The summed E-state index contributed by atoms with van der Waals surface area (Å²) in [7, 11) is -3.63. The van der Waals surface area contributed by atoms with Crippen LogP contribution in [-0.2, 0) is 10.0 Å². The number of pyridine rings is 1. The standard InChI is InChI=1S/C13H21NO4S/c1-2-12(8-4-3-7-11-15)19(17,18)14-10-6-5-9-13(14)16/h5-6,9-10,12,15H,2-4,7-8,11H2,1H3. The molecule has 0 aromatic carbocycles. The number of aliphatic hydroxyl groups is 1. The summed E-state index contributed by atoms with van der Waals surface area (Å²) in [5, 5.41) is 8.15. The van der Waals surface area contributed by atoms with E-state index in [0.717, 1.165) is 16.8 Å². The second kappa shape index (κ2) is 7.45. The maximum absolute atomic E-state index is 12.4. The molecule has 19 heavy (non-hydrogen) atoms. The number of aromatic nitrogens is 1. The van der Waals surface area contributed by atoms with E-state index in [1.165, 1.54) is 24.4 Å². The third-order valence-corrected chi connectivity index (χ3v) is 5.39. The molecule has 108 valence electrons. The molecule has 0 saturated heterocycles. The maximum atomic E-state index is 12.4. The third kappa shape index (κ3) is 4.18. The molecule has 0 bridgehead atoms. The van der Waals surface area contributed by atoms with E-state index in [4.69, 9.17) is 5.11 Å². The zero-order valence-electron chi connectivity index (χ0n) is 11.2. The molecule has 1 unspecified atom stereocenters. The van der Waals surface area contributed by atoms with E-state index in [1.807, 2.05) is 6.92 Å². The van der Waals surface area contributed by atoms with Crippen molar-refractivity contribution in [2.24, 2.45) is 0 Å². The van der Waals surface area contributed by atoms with Gasteiger partial charge in [0.1, 0.15) is 0 Å². The SMILES string of the molecule is CCC(CCCCCO)S(=O)(=O)n1ccccc1=O. The fraction of sp³-hybridized carbons (Fsp3) is 0.615. The molecule has 6 heteroatoms. The van der Waals surface area contributed by atoms with Crippen LogP contribution in [0.5, 0.6) is 0 Å². The Morgan fingerprint density at radius 1 is 1.26 bits per heavy atom. The van der Waals surface area contributed by atoms with E-state index in [0.29, 0.717) is 19.3 Å². The van der Waals surface area contributed by atoms with Gasteiger partial charge >= 0.3 is 0 Å². The van der Waals surface area contributed by atoms with E-state index in [-0.39, 0.29) is 6.61 Å². The van der Waals surface area contributed by atoms with Gasteiger partial charge in [0.25, 0.3) is 5.56 Å². The van der Waals surface area contributed by atoms with Gasteiger partial charge in [-0.3, -0.25) is 4.79 Å². The fourth-order valence-corrected chi connectivity index (χ4v) is 3.77. The lowest BCUT2D eigenvalue weighted by Crippen LogP contribution is -2.34. The monoisotopic (exact) mass is 287 g/mol. The van der Waals surface area contributed by atoms with Crippen LogP contribution in [0.4, 0.5) is 0 Å². The highest BCUT2D eigenvalue weighted by molar-refractivity contribution is 7.90. The number of unbranched alkanes of at least 4 members (excludes halogenated alkanes) is 2. The van der Waals surface area contributed by atoms with Crippen LogP contribution < -0.4 is 5.56 Å². The van der Waals surface area contributed by atoms with Crippen LogP contribution in [0.1, 0.15) is 39.0 Å². The highest BCUT2D eigenvalue weighted by atomic mass is 32.2. The average Bonchev–Trinajstić information content (AvgIpc) is 2.39. The molecule has 1 atom stereocenters. The summed E-state index contributed by atoms with van der Waals surface area (Å²) in [6.45, 7) is 1.93. The molecular formula is C13H21NO4S. The Labute approximate surface area is 113 Å². The van der Waals surface area contributed by atoms with Crippen molar-refractivity contribution in [1.29, 1.82) is 0 Å². The van der Waals surface area contributed by atoms with E-state index >= 15 is 0 Å². The molecule has 1 heterocycles. The molecule has 0 saturated carbocycles. The van der Waals surface area contributed by atoms with E-state index in [2.05, 4.69) is 0 Å². The van der Waals surface area contributed by atoms with Gasteiger partial charge in [0.05, 0.1) is 5.25 Å². The Hall–Kier alpha value is -1.14. The van der Waals surface area contributed by atoms with Gasteiger partial charge in [-0.2, -0.15) is 0 Å². The molecule has 0 aliphatic heterocycles. The van der Waals surface area contributed by atoms with Crippen molar-refractivity contribution in [3.05, 3.63) is 34.7 Å². The molecule has 1 N–H and O–H groups in total. The lowest BCUT2D eigenvalue weighted by Gasteiger charge is -2.16. The third-order valence-electron chi connectivity index (χ3n) is 3.12. The summed E-state index contributed by atoms with van der Waals surface area (Å²) in [6.07, 6.45) is 4.50. The molecule has 0 spiro atoms. The van der Waals surface area contributed by atoms with Crippen molar-refractivity contribution in [2.45, 2.75) is 44.3 Å². The number of nitrogens with zero attached hydrogens (tertiary/aromatic N) is 1. The molecule has 0 amide bonds. The zero-order chi connectivity index (χ0) is 14.3. The topological polar surface area (TPSA) is 76.4 Å². The second-order valence-electron chi connectivity index (χ2n) is 4.48. The summed E-state index contributed by atoms with van der Waals surface area (Å²) in [6, 6.07) is 4.31. The summed E-state index contributed by atoms with van der Waals surface area (Å²) in [5.41, 5.74) is -0.517. The molecule has 5 nitrogen and oxygen atoms in total. The van der Waals surface area contributed by atoms with Crippen LogP contribution in [0.2, 0.25) is 0 Å². The highest BCUT2D eigenvalue weighted by Gasteiger charge is 2.25. The minimum absolute atomic E-state index is 0.127. The maximum Gasteiger partial charge on any atom is 0.264 e. The summed E-state index contributed by atoms with van der Waals surface area (Å²) in [5.74, 6) is 0. The lowest BCUT2D eigenvalue weighted by molar-refractivity contribution is 0.282. The zero-order valence-corrected chi connectivity index (χ0v) is 12.0. The average molecular weight is 287 g/mol. The van der Waals surface area contributed by atoms with Crippen molar-refractivity contribution in [2.75, 3.05) is 6.61 Å². The summed E-state index contributed by atoms with van der Waals surface area (Å²) in [4.78, 5) is 11.6. The number of hydrogen-bond acceptors (Lipinski definition) is 4. The van der Waals surface area contributed by atoms with Gasteiger partial charge in [0.2, 0.25) is 10.0 Å². The molecule has 0 aliphatic rings. The predicted molar refractivity (Wildman–Crippen MR) is 74.7 cm³/mol. The van der Waals surface area contributed by atoms with Gasteiger partial charge in [-0.1, -0.05) is 25.8 Å². The van der Waals surface area contributed by atoms with E-state index in [1.54, 1.807) is 0 Å². The molecule has 1 aromatic heterocycles. The molecule has 0 aliphatic carbocycles. The van der Waals surface area contributed by atoms with Gasteiger partial charge in [0.15, 0.2) is 0 Å². The van der Waals surface area contributed by atoms with Crippen LogP contribution in [0.3, 0.4) is 0 Å². The van der Waals surface area contributed by atoms with Gasteiger partial charge < -0.3 is 5.11 Å². The number of rotatable bonds is 8. The first-order valence-corrected chi connectivity index (χ1v) is 8.07. The summed E-state index contributed by atoms with van der Waals surface area (Å²) < 4.78 is 25.5. The molecular weight excluding hydrogens is 266 g/mol. The fourth-order valence-electron chi connectivity index (χ4n) is 2.01. The van der Waals surface area contributed by atoms with Crippen LogP contribution in [0.25, 0.3) is 0 Å². The minimum Gasteiger partial charge on any atom is -0.396 e. The smallest absolute Gasteiger partial charge is 0.264 e. The quantitative estimate of drug-likeness (QED) is 0.732. The Kier molecular flexibility index (Phi) is 6.24. The van der Waals surface area contributed by atoms with E-state index in [9.17, 15) is 13.2 Å². The van der Waals surface area contributed by atoms with Gasteiger partial charge in [-0.15, -0.1) is 0 Å². The van der Waals surface area contributed by atoms with Crippen LogP contribution in [0.15, 0.2) is 29.2 Å². The van der Waals surface area contributed by atoms with Gasteiger partial charge in [-0.05, 0) is 25.3 Å². The van der Waals surface area contributed by atoms with Crippen molar-refractivity contribution in [3.8, 4) is 0 Å². The van der Waals surface area contributed by atoms with Gasteiger partial charge in [-0.25, -0.2) is 12.4 Å². The Morgan fingerprint density at radius 2 is 2.00 bits per heavy atom. The predicted octanol–water partition coefficient (Wildman–Crippen LogP) is 1.36. The number of hydrogen-bond donors (Lipinski definition) is 1. The highest BCUT2D eigenvalue weighted by Crippen LogP contribution is 2.16. The Balaban J connectivity index is 2.85. The number of aliphatic hydroxyl groups excluding tert-OH is 1. The molecule has 1 rings (SSSR count). The molecule has 0 fully saturated rings. The largest absolute Gasteiger partial charge is 0.396 e. The summed E-state index contributed by atoms with van der Waals surface area (Å²) >= 11 is 0. The van der Waals surface area contributed by atoms with Crippen molar-refractivity contribution in [1.82, 2.24) is 3.97 Å². The normalized spacial score (nSPS) is 13.4. The van der Waals surface area contributed by atoms with E-state index < -0.39 is 20.8 Å². The second-order valence-corrected chi connectivity index (χ2v) is 6.57. The lowest BCUT2D eigenvalue weighted by atomic mass is 10.1. The van der Waals surface area contributed by atoms with Crippen molar-refractivity contribution < 1.29 is 13.5 Å². The van der Waals surface area contributed by atoms with Crippen LogP contribution in [0, 0.1) is 0 Å². The first kappa shape index (κ1) is 15.9. The van der Waals surface area contributed by atoms with Crippen LogP contribution >= 0.6 is 0 Å².